The summed E-state index contributed by atoms with van der Waals surface area (Å²) in [5, 5.41) is 0. The van der Waals surface area contributed by atoms with Crippen LogP contribution in [0.25, 0.3) is 0 Å². The molecule has 4 heteroatoms. The topological polar surface area (TPSA) is 63.2 Å². The lowest BCUT2D eigenvalue weighted by molar-refractivity contribution is 0.867. The van der Waals surface area contributed by atoms with Gasteiger partial charge in [-0.15, -0.1) is 0 Å². The molecule has 40 heavy (non-hydrogen) atoms. The Morgan fingerprint density at radius 2 is 0.550 bits per heavy atom. The van der Waals surface area contributed by atoms with E-state index in [-0.39, 0.29) is 0 Å². The number of nitrogens with one attached hydrogen (secondary N) is 4. The molecule has 0 saturated carbocycles. The van der Waals surface area contributed by atoms with E-state index >= 15 is 0 Å². The molecule has 216 valence electrons. The van der Waals surface area contributed by atoms with Gasteiger partial charge in [0.15, 0.2) is 0 Å². The van der Waals surface area contributed by atoms with Crippen molar-refractivity contribution in [2.45, 2.75) is 132 Å². The quantitative estimate of drug-likeness (QED) is 0.152. The number of aromatic amines is 4. The molecule has 8 bridgehead atoms. The molecule has 0 radical (unpaired) electrons. The van der Waals surface area contributed by atoms with Gasteiger partial charge in [-0.25, -0.2) is 0 Å². The maximum absolute atomic E-state index is 3.98. The average molecular weight is 541 g/mol. The number of rotatable bonds is 8. The van der Waals surface area contributed by atoms with Crippen LogP contribution in [0.2, 0.25) is 0 Å². The van der Waals surface area contributed by atoms with E-state index < -0.39 is 0 Å². The summed E-state index contributed by atoms with van der Waals surface area (Å²) in [4.78, 5) is 15.9. The maximum Gasteiger partial charge on any atom is 0.0284 e. The van der Waals surface area contributed by atoms with E-state index in [2.05, 4.69) is 75.3 Å². The summed E-state index contributed by atoms with van der Waals surface area (Å²) >= 11 is 0. The molecule has 5 rings (SSSR count). The molecule has 0 spiro atoms. The van der Waals surface area contributed by atoms with E-state index in [4.69, 9.17) is 0 Å². The first-order chi connectivity index (χ1) is 19.3. The van der Waals surface area contributed by atoms with E-state index in [0.717, 1.165) is 51.4 Å². The standard InChI is InChI=1S/C36H52N4/c1-9-13-25-21(5)29-17-30-22(6)27(15-11-3)35(38-30)20-36-28(16-12-4)24(8)32(40-36)19-34-26(14-10-2)23(7)31(39-34)18-33(25)37-29/h37-40H,9-20H2,1-8H3. The van der Waals surface area contributed by atoms with Gasteiger partial charge in [0.05, 0.1) is 0 Å². The van der Waals surface area contributed by atoms with Crippen LogP contribution in [0.3, 0.4) is 0 Å². The van der Waals surface area contributed by atoms with Gasteiger partial charge in [0.25, 0.3) is 0 Å². The second kappa shape index (κ2) is 11.9. The minimum atomic E-state index is 0.942. The van der Waals surface area contributed by atoms with Gasteiger partial charge < -0.3 is 19.9 Å². The molecule has 1 aliphatic rings. The predicted molar refractivity (Wildman–Crippen MR) is 169 cm³/mol. The molecule has 0 aliphatic carbocycles. The summed E-state index contributed by atoms with van der Waals surface area (Å²) < 4.78 is 0. The van der Waals surface area contributed by atoms with Crippen LogP contribution in [0, 0.1) is 27.7 Å². The number of hydrogen-bond acceptors (Lipinski definition) is 0. The van der Waals surface area contributed by atoms with Crippen LogP contribution in [0.4, 0.5) is 0 Å². The van der Waals surface area contributed by atoms with Gasteiger partial charge in [0.2, 0.25) is 0 Å². The smallest absolute Gasteiger partial charge is 0.0284 e. The Morgan fingerprint density at radius 3 is 0.775 bits per heavy atom. The molecule has 1 aliphatic heterocycles. The molecule has 0 amide bonds. The summed E-state index contributed by atoms with van der Waals surface area (Å²) in [6.07, 6.45) is 13.0. The van der Waals surface area contributed by atoms with Crippen molar-refractivity contribution in [1.29, 1.82) is 0 Å². The average Bonchev–Trinajstić information content (AvgIpc) is 3.58. The van der Waals surface area contributed by atoms with Crippen molar-refractivity contribution < 1.29 is 0 Å². The molecule has 4 nitrogen and oxygen atoms in total. The van der Waals surface area contributed by atoms with Crippen LogP contribution in [0.15, 0.2) is 0 Å². The Bertz CT molecular complexity index is 1480. The van der Waals surface area contributed by atoms with Gasteiger partial charge in [0, 0.05) is 71.2 Å². The zero-order chi connectivity index (χ0) is 28.6. The molecule has 4 aromatic rings. The third-order valence-corrected chi connectivity index (χ3v) is 9.70. The zero-order valence-electron chi connectivity index (χ0n) is 26.5. The van der Waals surface area contributed by atoms with Crippen LogP contribution < -0.4 is 0 Å². The Hall–Kier alpha value is -2.88. The molecule has 0 aromatic carbocycles. The van der Waals surface area contributed by atoms with Crippen LogP contribution in [-0.2, 0) is 51.4 Å². The fourth-order valence-corrected chi connectivity index (χ4v) is 7.41. The first kappa shape index (κ1) is 28.6. The largest absolute Gasteiger partial charge is 0.361 e. The number of fused-ring (bicyclic) bond motifs is 8. The second-order valence-electron chi connectivity index (χ2n) is 12.4. The highest BCUT2D eigenvalue weighted by atomic mass is 14.8. The molecule has 4 N–H and O–H groups in total. The minimum Gasteiger partial charge on any atom is -0.361 e. The molecule has 0 saturated heterocycles. The fraction of sp³-hybridized carbons (Fsp3) is 0.556. The molecular weight excluding hydrogens is 488 g/mol. The normalized spacial score (nSPS) is 13.4. The van der Waals surface area contributed by atoms with E-state index in [0.29, 0.717) is 0 Å². The second-order valence-corrected chi connectivity index (χ2v) is 12.4. The van der Waals surface area contributed by atoms with Crippen molar-refractivity contribution in [1.82, 2.24) is 19.9 Å². The Kier molecular flexibility index (Phi) is 8.54. The molecule has 0 fully saturated rings. The van der Waals surface area contributed by atoms with Crippen LogP contribution in [0.1, 0.15) is 143 Å². The van der Waals surface area contributed by atoms with Gasteiger partial charge in [-0.1, -0.05) is 53.4 Å². The number of hydrogen-bond donors (Lipinski definition) is 4. The van der Waals surface area contributed by atoms with Crippen molar-refractivity contribution in [3.05, 3.63) is 90.1 Å². The van der Waals surface area contributed by atoms with E-state index in [9.17, 15) is 0 Å². The van der Waals surface area contributed by atoms with Gasteiger partial charge in [-0.2, -0.15) is 0 Å². The van der Waals surface area contributed by atoms with Crippen LogP contribution in [-0.4, -0.2) is 19.9 Å². The SMILES string of the molecule is CCCc1c2[nH]c(c1C)Cc1[nH]c(c(CCC)c1C)Cc1[nH]c(c(C)c1CCC)Cc1[nH]c(c(C)c1CCC)C2. The Labute approximate surface area is 242 Å². The van der Waals surface area contributed by atoms with E-state index in [1.54, 1.807) is 0 Å². The first-order valence-corrected chi connectivity index (χ1v) is 16.1. The summed E-state index contributed by atoms with van der Waals surface area (Å²) in [5.41, 5.74) is 23.2. The van der Waals surface area contributed by atoms with Gasteiger partial charge in [-0.3, -0.25) is 0 Å². The third-order valence-electron chi connectivity index (χ3n) is 9.70. The Morgan fingerprint density at radius 1 is 0.350 bits per heavy atom. The predicted octanol–water partition coefficient (Wildman–Crippen LogP) is 8.72. The van der Waals surface area contributed by atoms with Crippen molar-refractivity contribution in [2.75, 3.05) is 0 Å². The lowest BCUT2D eigenvalue weighted by atomic mass is 9.96. The van der Waals surface area contributed by atoms with E-state index in [1.165, 1.54) is 116 Å². The summed E-state index contributed by atoms with van der Waals surface area (Å²) in [5.74, 6) is 0. The highest BCUT2D eigenvalue weighted by molar-refractivity contribution is 5.48. The summed E-state index contributed by atoms with van der Waals surface area (Å²) in [6, 6.07) is 0. The minimum absolute atomic E-state index is 0.942. The highest BCUT2D eigenvalue weighted by Crippen LogP contribution is 2.33. The Balaban J connectivity index is 1.73. The lowest BCUT2D eigenvalue weighted by Gasteiger charge is -2.07. The van der Waals surface area contributed by atoms with Crippen molar-refractivity contribution in [3.8, 4) is 0 Å². The molecule has 0 unspecified atom stereocenters. The van der Waals surface area contributed by atoms with Crippen molar-refractivity contribution >= 4 is 0 Å². The van der Waals surface area contributed by atoms with Crippen LogP contribution in [0.5, 0.6) is 0 Å². The summed E-state index contributed by atoms with van der Waals surface area (Å²) in [6.45, 7) is 18.6. The maximum atomic E-state index is 3.98. The molecule has 0 atom stereocenters. The van der Waals surface area contributed by atoms with Crippen molar-refractivity contribution in [3.63, 3.8) is 0 Å². The zero-order valence-corrected chi connectivity index (χ0v) is 26.5. The van der Waals surface area contributed by atoms with Gasteiger partial charge in [0.1, 0.15) is 0 Å². The number of H-pyrrole nitrogens is 4. The van der Waals surface area contributed by atoms with Crippen LogP contribution >= 0.6 is 0 Å². The van der Waals surface area contributed by atoms with Gasteiger partial charge in [-0.05, 0) is 97.9 Å². The molecule has 5 heterocycles. The lowest BCUT2D eigenvalue weighted by Crippen LogP contribution is -1.99. The molecular formula is C36H52N4. The van der Waals surface area contributed by atoms with Gasteiger partial charge >= 0.3 is 0 Å². The van der Waals surface area contributed by atoms with Crippen molar-refractivity contribution in [2.24, 2.45) is 0 Å². The fourth-order valence-electron chi connectivity index (χ4n) is 7.41. The third kappa shape index (κ3) is 5.15. The highest BCUT2D eigenvalue weighted by Gasteiger charge is 2.24. The summed E-state index contributed by atoms with van der Waals surface area (Å²) in [7, 11) is 0. The molecule has 4 aromatic heterocycles. The monoisotopic (exact) mass is 540 g/mol. The first-order valence-electron chi connectivity index (χ1n) is 16.1. The van der Waals surface area contributed by atoms with E-state index in [1.807, 2.05) is 0 Å². The number of aromatic nitrogens is 4.